The van der Waals surface area contributed by atoms with Crippen LogP contribution >= 0.6 is 27.5 Å². The summed E-state index contributed by atoms with van der Waals surface area (Å²) in [5.41, 5.74) is 1.13. The van der Waals surface area contributed by atoms with Crippen LogP contribution in [-0.4, -0.2) is 31.6 Å². The fourth-order valence-electron chi connectivity index (χ4n) is 1.58. The maximum Gasteiger partial charge on any atom is 0.0451 e. The van der Waals surface area contributed by atoms with Crippen molar-refractivity contribution in [1.82, 2.24) is 10.2 Å². The van der Waals surface area contributed by atoms with Crippen molar-refractivity contribution in [2.45, 2.75) is 19.5 Å². The standard InChI is InChI=1S/C12H18BrClN2/c1-9(8-16(2)3)15-7-10-6-11(13)4-5-12(10)14/h4-6,9,15H,7-8H2,1-3H3. The molecule has 0 radical (unpaired) electrons. The summed E-state index contributed by atoms with van der Waals surface area (Å²) in [4.78, 5) is 2.17. The van der Waals surface area contributed by atoms with Crippen LogP contribution in [0, 0.1) is 0 Å². The Hall–Kier alpha value is -0.0900. The van der Waals surface area contributed by atoms with Crippen LogP contribution in [0.3, 0.4) is 0 Å². The minimum Gasteiger partial charge on any atom is -0.309 e. The van der Waals surface area contributed by atoms with E-state index in [0.29, 0.717) is 6.04 Å². The summed E-state index contributed by atoms with van der Waals surface area (Å²) in [6.07, 6.45) is 0. The number of benzene rings is 1. The molecule has 1 unspecified atom stereocenters. The molecule has 0 saturated heterocycles. The van der Waals surface area contributed by atoms with E-state index in [0.717, 1.165) is 28.1 Å². The zero-order chi connectivity index (χ0) is 12.1. The first-order valence-electron chi connectivity index (χ1n) is 5.31. The van der Waals surface area contributed by atoms with Crippen LogP contribution in [0.2, 0.25) is 5.02 Å². The minimum absolute atomic E-state index is 0.449. The number of hydrogen-bond donors (Lipinski definition) is 1. The summed E-state index contributed by atoms with van der Waals surface area (Å²) < 4.78 is 1.06. The number of likely N-dealkylation sites (N-methyl/N-ethyl adjacent to an activating group) is 1. The van der Waals surface area contributed by atoms with Crippen LogP contribution in [0.5, 0.6) is 0 Å². The normalized spacial score (nSPS) is 13.1. The van der Waals surface area contributed by atoms with E-state index in [1.807, 2.05) is 12.1 Å². The molecule has 0 aliphatic heterocycles. The summed E-state index contributed by atoms with van der Waals surface area (Å²) in [5, 5.41) is 4.26. The van der Waals surface area contributed by atoms with Crippen molar-refractivity contribution < 1.29 is 0 Å². The first-order valence-corrected chi connectivity index (χ1v) is 6.48. The molecule has 0 fully saturated rings. The van der Waals surface area contributed by atoms with Crippen molar-refractivity contribution >= 4 is 27.5 Å². The summed E-state index contributed by atoms with van der Waals surface area (Å²) in [5.74, 6) is 0. The highest BCUT2D eigenvalue weighted by Crippen LogP contribution is 2.20. The van der Waals surface area contributed by atoms with Crippen molar-refractivity contribution in [3.63, 3.8) is 0 Å². The second kappa shape index (κ2) is 6.60. The quantitative estimate of drug-likeness (QED) is 0.899. The molecule has 16 heavy (non-hydrogen) atoms. The van der Waals surface area contributed by atoms with Crippen LogP contribution in [0.15, 0.2) is 22.7 Å². The highest BCUT2D eigenvalue weighted by molar-refractivity contribution is 9.10. The molecule has 0 bridgehead atoms. The van der Waals surface area contributed by atoms with Crippen LogP contribution in [-0.2, 0) is 6.54 Å². The topological polar surface area (TPSA) is 15.3 Å². The maximum absolute atomic E-state index is 6.11. The van der Waals surface area contributed by atoms with Gasteiger partial charge in [-0.05, 0) is 44.8 Å². The van der Waals surface area contributed by atoms with E-state index in [1.54, 1.807) is 0 Å². The first-order chi connectivity index (χ1) is 7.49. The zero-order valence-electron chi connectivity index (χ0n) is 9.93. The molecule has 0 aliphatic carbocycles. The fourth-order valence-corrected chi connectivity index (χ4v) is 2.17. The lowest BCUT2D eigenvalue weighted by Gasteiger charge is -2.18. The molecule has 4 heteroatoms. The number of nitrogens with one attached hydrogen (secondary N) is 1. The van der Waals surface area contributed by atoms with Crippen molar-refractivity contribution in [3.8, 4) is 0 Å². The summed E-state index contributed by atoms with van der Waals surface area (Å²) in [7, 11) is 4.15. The molecule has 0 aliphatic rings. The largest absolute Gasteiger partial charge is 0.309 e. The molecular formula is C12H18BrClN2. The van der Waals surface area contributed by atoms with E-state index < -0.39 is 0 Å². The lowest BCUT2D eigenvalue weighted by molar-refractivity contribution is 0.349. The molecule has 1 aromatic carbocycles. The van der Waals surface area contributed by atoms with Gasteiger partial charge in [-0.2, -0.15) is 0 Å². The molecule has 0 amide bonds. The number of rotatable bonds is 5. The summed E-state index contributed by atoms with van der Waals surface area (Å²) >= 11 is 9.56. The molecule has 0 heterocycles. The van der Waals surface area contributed by atoms with Crippen molar-refractivity contribution in [2.24, 2.45) is 0 Å². The molecule has 0 saturated carbocycles. The van der Waals surface area contributed by atoms with Crippen LogP contribution in [0.25, 0.3) is 0 Å². The van der Waals surface area contributed by atoms with Gasteiger partial charge in [0.2, 0.25) is 0 Å². The Kier molecular flexibility index (Phi) is 5.76. The number of nitrogens with zero attached hydrogens (tertiary/aromatic N) is 1. The third-order valence-electron chi connectivity index (χ3n) is 2.29. The van der Waals surface area contributed by atoms with E-state index in [2.05, 4.69) is 53.2 Å². The monoisotopic (exact) mass is 304 g/mol. The Morgan fingerprint density at radius 2 is 2.12 bits per heavy atom. The Balaban J connectivity index is 2.51. The smallest absolute Gasteiger partial charge is 0.0451 e. The Bertz CT molecular complexity index is 342. The van der Waals surface area contributed by atoms with E-state index in [9.17, 15) is 0 Å². The zero-order valence-corrected chi connectivity index (χ0v) is 12.3. The Labute approximate surface area is 111 Å². The SMILES string of the molecule is CC(CN(C)C)NCc1cc(Br)ccc1Cl. The second-order valence-electron chi connectivity index (χ2n) is 4.28. The molecule has 1 atom stereocenters. The van der Waals surface area contributed by atoms with Crippen LogP contribution in [0.1, 0.15) is 12.5 Å². The predicted octanol–water partition coefficient (Wildman–Crippen LogP) is 3.14. The van der Waals surface area contributed by atoms with Crippen molar-refractivity contribution in [3.05, 3.63) is 33.3 Å². The lowest BCUT2D eigenvalue weighted by Crippen LogP contribution is -2.35. The molecule has 1 N–H and O–H groups in total. The van der Waals surface area contributed by atoms with Gasteiger partial charge in [0.25, 0.3) is 0 Å². The lowest BCUT2D eigenvalue weighted by atomic mass is 10.2. The number of hydrogen-bond acceptors (Lipinski definition) is 2. The van der Waals surface area contributed by atoms with Gasteiger partial charge >= 0.3 is 0 Å². The van der Waals surface area contributed by atoms with E-state index in [1.165, 1.54) is 0 Å². The van der Waals surface area contributed by atoms with Gasteiger partial charge in [0, 0.05) is 28.6 Å². The predicted molar refractivity (Wildman–Crippen MR) is 74.0 cm³/mol. The Morgan fingerprint density at radius 1 is 1.44 bits per heavy atom. The molecule has 1 rings (SSSR count). The van der Waals surface area contributed by atoms with Gasteiger partial charge in [0.05, 0.1) is 0 Å². The van der Waals surface area contributed by atoms with Gasteiger partial charge in [-0.1, -0.05) is 27.5 Å². The van der Waals surface area contributed by atoms with Gasteiger partial charge in [-0.3, -0.25) is 0 Å². The van der Waals surface area contributed by atoms with E-state index in [4.69, 9.17) is 11.6 Å². The summed E-state index contributed by atoms with van der Waals surface area (Å²) in [6.45, 7) is 3.99. The van der Waals surface area contributed by atoms with Gasteiger partial charge in [0.1, 0.15) is 0 Å². The first kappa shape index (κ1) is 14.0. The molecule has 2 nitrogen and oxygen atoms in total. The third-order valence-corrected chi connectivity index (χ3v) is 3.15. The van der Waals surface area contributed by atoms with Gasteiger partial charge < -0.3 is 10.2 Å². The van der Waals surface area contributed by atoms with Gasteiger partial charge in [-0.15, -0.1) is 0 Å². The highest BCUT2D eigenvalue weighted by Gasteiger charge is 2.05. The molecule has 0 spiro atoms. The minimum atomic E-state index is 0.449. The van der Waals surface area contributed by atoms with Crippen molar-refractivity contribution in [1.29, 1.82) is 0 Å². The summed E-state index contributed by atoms with van der Waals surface area (Å²) in [6, 6.07) is 6.37. The van der Waals surface area contributed by atoms with Crippen LogP contribution in [0.4, 0.5) is 0 Å². The molecule has 0 aromatic heterocycles. The Morgan fingerprint density at radius 3 is 2.75 bits per heavy atom. The van der Waals surface area contributed by atoms with Crippen LogP contribution < -0.4 is 5.32 Å². The highest BCUT2D eigenvalue weighted by atomic mass is 79.9. The molecule has 1 aromatic rings. The second-order valence-corrected chi connectivity index (χ2v) is 5.60. The van der Waals surface area contributed by atoms with Gasteiger partial charge in [-0.25, -0.2) is 0 Å². The van der Waals surface area contributed by atoms with E-state index >= 15 is 0 Å². The fraction of sp³-hybridized carbons (Fsp3) is 0.500. The average molecular weight is 306 g/mol. The third kappa shape index (κ3) is 4.83. The van der Waals surface area contributed by atoms with Gasteiger partial charge in [0.15, 0.2) is 0 Å². The van der Waals surface area contributed by atoms with E-state index in [-0.39, 0.29) is 0 Å². The molecular weight excluding hydrogens is 288 g/mol. The number of halogens is 2. The molecule has 90 valence electrons. The maximum atomic E-state index is 6.11. The average Bonchev–Trinajstić information content (AvgIpc) is 2.18. The van der Waals surface area contributed by atoms with Crippen molar-refractivity contribution in [2.75, 3.05) is 20.6 Å².